The fraction of sp³-hybridized carbons (Fsp3) is 0.833. The predicted molar refractivity (Wildman–Crippen MR) is 54.4 cm³/mol. The topological polar surface area (TPSA) is 52.6 Å². The lowest BCUT2D eigenvalue weighted by atomic mass is 10.0. The van der Waals surface area contributed by atoms with Crippen LogP contribution in [0.3, 0.4) is 0 Å². The van der Waals surface area contributed by atoms with Gasteiger partial charge in [-0.2, -0.15) is 0 Å². The van der Waals surface area contributed by atoms with E-state index in [1.165, 1.54) is 13.8 Å². The highest BCUT2D eigenvalue weighted by molar-refractivity contribution is 5.68. The van der Waals surface area contributed by atoms with E-state index in [0.717, 1.165) is 19.3 Å². The average Bonchev–Trinajstić information content (AvgIpc) is 2.51. The molecule has 4 heteroatoms. The van der Waals surface area contributed by atoms with Crippen molar-refractivity contribution in [3.8, 4) is 0 Å². The van der Waals surface area contributed by atoms with Crippen LogP contribution in [0.4, 0.5) is 0 Å². The zero-order valence-electron chi connectivity index (χ0n) is 9.56. The Balaban J connectivity index is 1.78. The summed E-state index contributed by atoms with van der Waals surface area (Å²) in [6.45, 7) is 2.89. The smallest absolute Gasteiger partial charge is 0.302 e. The predicted octanol–water partition coefficient (Wildman–Crippen LogP) is 1.28. The molecular weight excluding hydrogens is 208 g/mol. The van der Waals surface area contributed by atoms with Crippen molar-refractivity contribution < 1.29 is 19.1 Å². The second kappa shape index (κ2) is 2.99. The van der Waals surface area contributed by atoms with Gasteiger partial charge in [-0.25, -0.2) is 0 Å². The van der Waals surface area contributed by atoms with Crippen molar-refractivity contribution >= 4 is 11.9 Å². The number of rotatable bonds is 2. The van der Waals surface area contributed by atoms with Gasteiger partial charge in [-0.3, -0.25) is 9.59 Å². The van der Waals surface area contributed by atoms with Crippen molar-refractivity contribution in [3.63, 3.8) is 0 Å². The number of fused-ring (bicyclic) bond motifs is 1. The second-order valence-corrected chi connectivity index (χ2v) is 5.31. The van der Waals surface area contributed by atoms with Crippen LogP contribution in [0.1, 0.15) is 33.1 Å². The van der Waals surface area contributed by atoms with Crippen LogP contribution < -0.4 is 0 Å². The molecule has 0 N–H and O–H groups in total. The van der Waals surface area contributed by atoms with Crippen LogP contribution in [-0.2, 0) is 19.1 Å². The Morgan fingerprint density at radius 1 is 1.12 bits per heavy atom. The van der Waals surface area contributed by atoms with E-state index >= 15 is 0 Å². The van der Waals surface area contributed by atoms with Crippen LogP contribution in [0.5, 0.6) is 0 Å². The molecule has 3 rings (SSSR count). The molecule has 3 fully saturated rings. The minimum absolute atomic E-state index is 0.000602. The number of carbonyl (C=O) groups excluding carboxylic acids is 2. The van der Waals surface area contributed by atoms with Crippen LogP contribution in [0, 0.1) is 17.3 Å². The van der Waals surface area contributed by atoms with Gasteiger partial charge < -0.3 is 9.47 Å². The van der Waals surface area contributed by atoms with E-state index in [2.05, 4.69) is 0 Å². The molecular formula is C12H16O4. The fourth-order valence-corrected chi connectivity index (χ4v) is 4.04. The monoisotopic (exact) mass is 224 g/mol. The first-order valence-electron chi connectivity index (χ1n) is 5.90. The first kappa shape index (κ1) is 10.1. The van der Waals surface area contributed by atoms with Gasteiger partial charge in [0, 0.05) is 19.8 Å². The molecule has 0 heterocycles. The molecule has 0 amide bonds. The first-order chi connectivity index (χ1) is 7.55. The summed E-state index contributed by atoms with van der Waals surface area (Å²) in [5.74, 6) is 0.504. The van der Waals surface area contributed by atoms with E-state index < -0.39 is 0 Å². The van der Waals surface area contributed by atoms with Crippen LogP contribution in [0.15, 0.2) is 0 Å². The molecule has 2 bridgehead atoms. The summed E-state index contributed by atoms with van der Waals surface area (Å²) < 4.78 is 10.8. The lowest BCUT2D eigenvalue weighted by molar-refractivity contribution is -0.153. The molecule has 0 aromatic rings. The standard InChI is InChI=1S/C12H16O4/c1-6(13)15-10-8-3-4-12(10)9(5-8)11(12)16-7(2)14/h8-11H,3-5H2,1-2H3. The number of hydrogen-bond donors (Lipinski definition) is 0. The maximum atomic E-state index is 11.1. The van der Waals surface area contributed by atoms with Gasteiger partial charge in [-0.1, -0.05) is 0 Å². The molecule has 88 valence electrons. The summed E-state index contributed by atoms with van der Waals surface area (Å²) in [5.41, 5.74) is -0.0119. The molecule has 0 saturated heterocycles. The minimum atomic E-state index is -0.223. The normalized spacial score (nSPS) is 47.4. The van der Waals surface area contributed by atoms with E-state index in [-0.39, 0.29) is 29.6 Å². The Hall–Kier alpha value is -1.06. The summed E-state index contributed by atoms with van der Waals surface area (Å²) in [4.78, 5) is 22.1. The summed E-state index contributed by atoms with van der Waals surface area (Å²) in [5, 5.41) is 0. The zero-order chi connectivity index (χ0) is 11.5. The Labute approximate surface area is 94.3 Å². The van der Waals surface area contributed by atoms with Crippen molar-refractivity contribution in [1.82, 2.24) is 0 Å². The highest BCUT2D eigenvalue weighted by Crippen LogP contribution is 2.74. The van der Waals surface area contributed by atoms with E-state index in [1.807, 2.05) is 0 Å². The van der Waals surface area contributed by atoms with Gasteiger partial charge >= 0.3 is 11.9 Å². The van der Waals surface area contributed by atoms with E-state index in [4.69, 9.17) is 9.47 Å². The quantitative estimate of drug-likeness (QED) is 0.663. The zero-order valence-corrected chi connectivity index (χ0v) is 9.56. The molecule has 1 spiro atoms. The Morgan fingerprint density at radius 2 is 1.75 bits per heavy atom. The maximum absolute atomic E-state index is 11.1. The van der Waals surface area contributed by atoms with Crippen molar-refractivity contribution in [2.24, 2.45) is 17.3 Å². The molecule has 0 aliphatic heterocycles. The van der Waals surface area contributed by atoms with Gasteiger partial charge in [-0.15, -0.1) is 0 Å². The van der Waals surface area contributed by atoms with Gasteiger partial charge in [-0.05, 0) is 25.2 Å². The van der Waals surface area contributed by atoms with E-state index in [0.29, 0.717) is 11.8 Å². The first-order valence-corrected chi connectivity index (χ1v) is 5.90. The van der Waals surface area contributed by atoms with Crippen molar-refractivity contribution in [2.75, 3.05) is 0 Å². The third-order valence-corrected chi connectivity index (χ3v) is 4.52. The molecule has 3 aliphatic carbocycles. The highest BCUT2D eigenvalue weighted by Gasteiger charge is 2.80. The minimum Gasteiger partial charge on any atom is -0.462 e. The third kappa shape index (κ3) is 1.10. The summed E-state index contributed by atoms with van der Waals surface area (Å²) in [7, 11) is 0. The highest BCUT2D eigenvalue weighted by atomic mass is 16.6. The van der Waals surface area contributed by atoms with Gasteiger partial charge in [0.25, 0.3) is 0 Å². The van der Waals surface area contributed by atoms with Crippen molar-refractivity contribution in [2.45, 2.75) is 45.3 Å². The lowest BCUT2D eigenvalue weighted by Crippen LogP contribution is -2.29. The van der Waals surface area contributed by atoms with Gasteiger partial charge in [0.05, 0.1) is 5.41 Å². The fourth-order valence-electron chi connectivity index (χ4n) is 4.04. The molecule has 16 heavy (non-hydrogen) atoms. The maximum Gasteiger partial charge on any atom is 0.302 e. The van der Waals surface area contributed by atoms with Gasteiger partial charge in [0.15, 0.2) is 0 Å². The Kier molecular flexibility index (Phi) is 1.89. The van der Waals surface area contributed by atoms with Crippen LogP contribution >= 0.6 is 0 Å². The van der Waals surface area contributed by atoms with Crippen LogP contribution in [-0.4, -0.2) is 24.1 Å². The van der Waals surface area contributed by atoms with Gasteiger partial charge in [0.2, 0.25) is 0 Å². The average molecular weight is 224 g/mol. The number of hydrogen-bond acceptors (Lipinski definition) is 4. The number of carbonyl (C=O) groups is 2. The molecule has 5 unspecified atom stereocenters. The molecule has 4 nitrogen and oxygen atoms in total. The molecule has 0 aromatic carbocycles. The van der Waals surface area contributed by atoms with Crippen LogP contribution in [0.2, 0.25) is 0 Å². The summed E-state index contributed by atoms with van der Waals surface area (Å²) in [6.07, 6.45) is 3.20. The Bertz CT molecular complexity index is 364. The van der Waals surface area contributed by atoms with Gasteiger partial charge in [0.1, 0.15) is 12.2 Å². The molecule has 0 radical (unpaired) electrons. The van der Waals surface area contributed by atoms with Crippen molar-refractivity contribution in [3.05, 3.63) is 0 Å². The molecule has 3 aliphatic rings. The van der Waals surface area contributed by atoms with Crippen molar-refractivity contribution in [1.29, 1.82) is 0 Å². The molecule has 3 saturated carbocycles. The van der Waals surface area contributed by atoms with E-state index in [9.17, 15) is 9.59 Å². The SMILES string of the molecule is CC(=O)OC1C2CCC13C(C2)C3OC(C)=O. The van der Waals surface area contributed by atoms with E-state index in [1.54, 1.807) is 0 Å². The summed E-state index contributed by atoms with van der Waals surface area (Å²) in [6, 6.07) is 0. The third-order valence-electron chi connectivity index (χ3n) is 4.52. The Morgan fingerprint density at radius 3 is 2.31 bits per heavy atom. The molecule has 0 aromatic heterocycles. The number of ether oxygens (including phenoxy) is 2. The summed E-state index contributed by atoms with van der Waals surface area (Å²) >= 11 is 0. The molecule has 5 atom stereocenters. The van der Waals surface area contributed by atoms with Crippen LogP contribution in [0.25, 0.3) is 0 Å². The second-order valence-electron chi connectivity index (χ2n) is 5.31. The largest absolute Gasteiger partial charge is 0.462 e. The number of esters is 2. The lowest BCUT2D eigenvalue weighted by Gasteiger charge is -2.21.